The van der Waals surface area contributed by atoms with Gasteiger partial charge in [0.1, 0.15) is 0 Å². The van der Waals surface area contributed by atoms with E-state index in [1.165, 1.54) is 11.1 Å². The van der Waals surface area contributed by atoms with Crippen molar-refractivity contribution in [2.24, 2.45) is 0 Å². The Morgan fingerprint density at radius 3 is 2.90 bits per heavy atom. The molecule has 0 aromatic rings. The van der Waals surface area contributed by atoms with Gasteiger partial charge in [-0.05, 0) is 30.9 Å². The fourth-order valence-corrected chi connectivity index (χ4v) is 1.30. The third kappa shape index (κ3) is 1.38. The first kappa shape index (κ1) is 7.33. The average molecular weight is 134 g/mol. The van der Waals surface area contributed by atoms with Gasteiger partial charge in [-0.25, -0.2) is 0 Å². The van der Waals surface area contributed by atoms with Crippen LogP contribution in [0.2, 0.25) is 0 Å². The largest absolute Gasteiger partial charge is 0.0842 e. The molecule has 0 radical (unpaired) electrons. The second-order valence-electron chi connectivity index (χ2n) is 2.49. The van der Waals surface area contributed by atoms with Gasteiger partial charge in [0.2, 0.25) is 0 Å². The summed E-state index contributed by atoms with van der Waals surface area (Å²) in [5.74, 6) is 0. The summed E-state index contributed by atoms with van der Waals surface area (Å²) in [6, 6.07) is 0. The molecule has 54 valence electrons. The van der Waals surface area contributed by atoms with Crippen molar-refractivity contribution >= 4 is 0 Å². The minimum atomic E-state index is 1.13. The van der Waals surface area contributed by atoms with Gasteiger partial charge in [0.15, 0.2) is 0 Å². The molecular weight excluding hydrogens is 120 g/mol. The average Bonchev–Trinajstić information content (AvgIpc) is 2.43. The monoisotopic (exact) mass is 134 g/mol. The fraction of sp³-hybridized carbons (Fsp3) is 0.400. The van der Waals surface area contributed by atoms with Crippen molar-refractivity contribution < 1.29 is 0 Å². The first-order valence-corrected chi connectivity index (χ1v) is 3.89. The van der Waals surface area contributed by atoms with Crippen molar-refractivity contribution in [3.05, 3.63) is 35.5 Å². The quantitative estimate of drug-likeness (QED) is 0.544. The van der Waals surface area contributed by atoms with Gasteiger partial charge >= 0.3 is 0 Å². The van der Waals surface area contributed by atoms with E-state index in [2.05, 4.69) is 38.2 Å². The minimum Gasteiger partial charge on any atom is -0.0842 e. The van der Waals surface area contributed by atoms with Crippen LogP contribution in [0.1, 0.15) is 26.7 Å². The Kier molecular flexibility index (Phi) is 2.49. The van der Waals surface area contributed by atoms with E-state index in [4.69, 9.17) is 0 Å². The Morgan fingerprint density at radius 2 is 2.50 bits per heavy atom. The lowest BCUT2D eigenvalue weighted by Crippen LogP contribution is -1.83. The zero-order valence-corrected chi connectivity index (χ0v) is 6.72. The molecule has 0 aromatic carbocycles. The first-order valence-electron chi connectivity index (χ1n) is 3.89. The molecule has 0 aromatic heterocycles. The van der Waals surface area contributed by atoms with Crippen LogP contribution in [0.15, 0.2) is 35.5 Å². The Morgan fingerprint density at radius 1 is 1.70 bits per heavy atom. The van der Waals surface area contributed by atoms with Crippen molar-refractivity contribution in [1.29, 1.82) is 0 Å². The van der Waals surface area contributed by atoms with Crippen LogP contribution in [0.4, 0.5) is 0 Å². The molecule has 0 saturated heterocycles. The molecule has 0 nitrogen and oxygen atoms in total. The second-order valence-corrected chi connectivity index (χ2v) is 2.49. The lowest BCUT2D eigenvalue weighted by atomic mass is 10.0. The smallest absolute Gasteiger partial charge is 0.00917 e. The van der Waals surface area contributed by atoms with Crippen molar-refractivity contribution in [3.63, 3.8) is 0 Å². The molecule has 0 heteroatoms. The molecule has 1 aliphatic carbocycles. The van der Waals surface area contributed by atoms with E-state index >= 15 is 0 Å². The zero-order chi connectivity index (χ0) is 7.40. The summed E-state index contributed by atoms with van der Waals surface area (Å²) in [6.07, 6.45) is 11.0. The van der Waals surface area contributed by atoms with Crippen LogP contribution in [0.25, 0.3) is 0 Å². The lowest BCUT2D eigenvalue weighted by Gasteiger charge is -2.02. The maximum Gasteiger partial charge on any atom is -0.00917 e. The molecule has 0 spiro atoms. The Hall–Kier alpha value is -0.780. The molecule has 0 fully saturated rings. The number of hydrogen-bond donors (Lipinski definition) is 0. The topological polar surface area (TPSA) is 0 Å². The van der Waals surface area contributed by atoms with E-state index in [1.54, 1.807) is 0 Å². The van der Waals surface area contributed by atoms with Gasteiger partial charge in [-0.1, -0.05) is 31.2 Å². The molecule has 0 amide bonds. The molecule has 0 unspecified atom stereocenters. The standard InChI is InChI=1S/C10H14/c1-3-9(4-2)10-7-5-6-8-10/h3,5-7H,4,8H2,1-2H3/b9-3+. The van der Waals surface area contributed by atoms with Crippen LogP contribution in [0.3, 0.4) is 0 Å². The minimum absolute atomic E-state index is 1.13. The van der Waals surface area contributed by atoms with E-state index in [-0.39, 0.29) is 0 Å². The summed E-state index contributed by atoms with van der Waals surface area (Å²) in [4.78, 5) is 0. The van der Waals surface area contributed by atoms with Crippen LogP contribution in [0.5, 0.6) is 0 Å². The van der Waals surface area contributed by atoms with Gasteiger partial charge in [0.25, 0.3) is 0 Å². The van der Waals surface area contributed by atoms with Crippen molar-refractivity contribution in [2.45, 2.75) is 26.7 Å². The fourth-order valence-electron chi connectivity index (χ4n) is 1.30. The van der Waals surface area contributed by atoms with Crippen LogP contribution < -0.4 is 0 Å². The highest BCUT2D eigenvalue weighted by molar-refractivity contribution is 5.38. The molecule has 0 atom stereocenters. The molecular formula is C10H14. The van der Waals surface area contributed by atoms with Gasteiger partial charge in [0.05, 0.1) is 0 Å². The van der Waals surface area contributed by atoms with Gasteiger partial charge in [0, 0.05) is 0 Å². The summed E-state index contributed by atoms with van der Waals surface area (Å²) < 4.78 is 0. The molecule has 0 bridgehead atoms. The summed E-state index contributed by atoms with van der Waals surface area (Å²) in [6.45, 7) is 4.31. The second kappa shape index (κ2) is 3.40. The highest BCUT2D eigenvalue weighted by atomic mass is 14.1. The number of allylic oxidation sites excluding steroid dienone is 6. The van der Waals surface area contributed by atoms with Crippen LogP contribution in [-0.2, 0) is 0 Å². The molecule has 1 aliphatic rings. The van der Waals surface area contributed by atoms with E-state index < -0.39 is 0 Å². The predicted octanol–water partition coefficient (Wildman–Crippen LogP) is 3.23. The molecule has 0 N–H and O–H groups in total. The number of hydrogen-bond acceptors (Lipinski definition) is 0. The molecule has 0 heterocycles. The van der Waals surface area contributed by atoms with Crippen molar-refractivity contribution in [1.82, 2.24) is 0 Å². The van der Waals surface area contributed by atoms with Crippen molar-refractivity contribution in [3.8, 4) is 0 Å². The maximum atomic E-state index is 2.21. The van der Waals surface area contributed by atoms with Gasteiger partial charge in [-0.15, -0.1) is 0 Å². The zero-order valence-electron chi connectivity index (χ0n) is 6.72. The lowest BCUT2D eigenvalue weighted by molar-refractivity contribution is 1.07. The Balaban J connectivity index is 2.65. The van der Waals surface area contributed by atoms with Crippen LogP contribution in [0, 0.1) is 0 Å². The predicted molar refractivity (Wildman–Crippen MR) is 45.9 cm³/mol. The van der Waals surface area contributed by atoms with Gasteiger partial charge in [-0.3, -0.25) is 0 Å². The summed E-state index contributed by atoms with van der Waals surface area (Å²) in [7, 11) is 0. The van der Waals surface area contributed by atoms with Crippen LogP contribution >= 0.6 is 0 Å². The first-order chi connectivity index (χ1) is 4.88. The highest BCUT2D eigenvalue weighted by Crippen LogP contribution is 2.21. The molecule has 0 aliphatic heterocycles. The van der Waals surface area contributed by atoms with E-state index in [0.29, 0.717) is 0 Å². The molecule has 1 rings (SSSR count). The van der Waals surface area contributed by atoms with E-state index in [1.807, 2.05) is 0 Å². The SMILES string of the molecule is C/C=C(\CC)C1=CC=CC1. The van der Waals surface area contributed by atoms with Gasteiger partial charge < -0.3 is 0 Å². The maximum absolute atomic E-state index is 2.21. The van der Waals surface area contributed by atoms with E-state index in [9.17, 15) is 0 Å². The third-order valence-corrected chi connectivity index (χ3v) is 1.91. The van der Waals surface area contributed by atoms with Crippen molar-refractivity contribution in [2.75, 3.05) is 0 Å². The normalized spacial score (nSPS) is 17.8. The van der Waals surface area contributed by atoms with E-state index in [0.717, 1.165) is 12.8 Å². The number of rotatable bonds is 2. The Labute approximate surface area is 62.9 Å². The molecule has 10 heavy (non-hydrogen) atoms. The Bertz CT molecular complexity index is 192. The highest BCUT2D eigenvalue weighted by Gasteiger charge is 2.01. The molecule has 0 saturated carbocycles. The summed E-state index contributed by atoms with van der Waals surface area (Å²) >= 11 is 0. The summed E-state index contributed by atoms with van der Waals surface area (Å²) in [5, 5.41) is 0. The third-order valence-electron chi connectivity index (χ3n) is 1.91. The van der Waals surface area contributed by atoms with Crippen LogP contribution in [-0.4, -0.2) is 0 Å². The van der Waals surface area contributed by atoms with Gasteiger partial charge in [-0.2, -0.15) is 0 Å². The summed E-state index contributed by atoms with van der Waals surface area (Å²) in [5.41, 5.74) is 2.98.